The zero-order valence-electron chi connectivity index (χ0n) is 9.86. The highest BCUT2D eigenvalue weighted by molar-refractivity contribution is 5.69. The van der Waals surface area contributed by atoms with Gasteiger partial charge in [0.2, 0.25) is 0 Å². The minimum absolute atomic E-state index is 0.115. The molecule has 0 radical (unpaired) electrons. The molecule has 0 aromatic rings. The smallest absolute Gasteiger partial charge is 0.307 e. The average Bonchev–Trinajstić information content (AvgIpc) is 2.61. The number of hydrogen-bond donors (Lipinski definition) is 0. The summed E-state index contributed by atoms with van der Waals surface area (Å²) in [5, 5.41) is 0. The molecule has 0 aromatic carbocycles. The maximum atomic E-state index is 11.2. The van der Waals surface area contributed by atoms with Gasteiger partial charge in [-0.25, -0.2) is 0 Å². The first-order valence-electron chi connectivity index (χ1n) is 5.62. The Morgan fingerprint density at radius 2 is 2.33 bits per heavy atom. The Hall–Kier alpha value is -0.610. The van der Waals surface area contributed by atoms with Crippen LogP contribution in [0.5, 0.6) is 0 Å². The summed E-state index contributed by atoms with van der Waals surface area (Å²) in [5.41, 5.74) is 0. The second kappa shape index (κ2) is 6.08. The fraction of sp³-hybridized carbons (Fsp3) is 0.909. The fourth-order valence-electron chi connectivity index (χ4n) is 1.97. The lowest BCUT2D eigenvalue weighted by molar-refractivity contribution is -0.143. The van der Waals surface area contributed by atoms with E-state index in [1.54, 1.807) is 0 Å². The van der Waals surface area contributed by atoms with Crippen molar-refractivity contribution in [1.82, 2.24) is 4.90 Å². The van der Waals surface area contributed by atoms with E-state index < -0.39 is 0 Å². The van der Waals surface area contributed by atoms with Gasteiger partial charge in [0.05, 0.1) is 19.1 Å². The molecule has 1 aliphatic rings. The molecule has 0 spiro atoms. The molecule has 1 fully saturated rings. The average molecular weight is 215 g/mol. The molecule has 2 atom stereocenters. The molecule has 4 heteroatoms. The summed E-state index contributed by atoms with van der Waals surface area (Å²) in [5.74, 6) is -0.115. The van der Waals surface area contributed by atoms with Crippen LogP contribution in [0.1, 0.15) is 26.7 Å². The SMILES string of the molecule is CCOC(=O)CCN(C)C1CCOC1C. The van der Waals surface area contributed by atoms with Gasteiger partial charge in [0, 0.05) is 19.2 Å². The molecular weight excluding hydrogens is 194 g/mol. The van der Waals surface area contributed by atoms with Crippen LogP contribution < -0.4 is 0 Å². The summed E-state index contributed by atoms with van der Waals surface area (Å²) < 4.78 is 10.4. The molecule has 1 heterocycles. The van der Waals surface area contributed by atoms with E-state index in [4.69, 9.17) is 9.47 Å². The van der Waals surface area contributed by atoms with Crippen LogP contribution in [-0.4, -0.2) is 49.8 Å². The summed E-state index contributed by atoms with van der Waals surface area (Å²) >= 11 is 0. The van der Waals surface area contributed by atoms with Crippen LogP contribution >= 0.6 is 0 Å². The Balaban J connectivity index is 2.23. The fourth-order valence-corrected chi connectivity index (χ4v) is 1.97. The lowest BCUT2D eigenvalue weighted by Crippen LogP contribution is -2.38. The van der Waals surface area contributed by atoms with Gasteiger partial charge in [0.1, 0.15) is 0 Å². The lowest BCUT2D eigenvalue weighted by atomic mass is 10.1. The number of esters is 1. The molecule has 1 aliphatic heterocycles. The van der Waals surface area contributed by atoms with E-state index in [0.717, 1.165) is 19.6 Å². The van der Waals surface area contributed by atoms with Gasteiger partial charge in [-0.2, -0.15) is 0 Å². The molecule has 0 aromatic heterocycles. The Labute approximate surface area is 91.5 Å². The van der Waals surface area contributed by atoms with Gasteiger partial charge in [-0.3, -0.25) is 4.79 Å². The molecule has 0 aliphatic carbocycles. The highest BCUT2D eigenvalue weighted by Gasteiger charge is 2.27. The van der Waals surface area contributed by atoms with Crippen LogP contribution in [0.2, 0.25) is 0 Å². The van der Waals surface area contributed by atoms with Crippen LogP contribution in [0.25, 0.3) is 0 Å². The monoisotopic (exact) mass is 215 g/mol. The Morgan fingerprint density at radius 3 is 2.87 bits per heavy atom. The predicted molar refractivity (Wildman–Crippen MR) is 57.7 cm³/mol. The number of rotatable bonds is 5. The summed E-state index contributed by atoms with van der Waals surface area (Å²) in [4.78, 5) is 13.4. The van der Waals surface area contributed by atoms with Crippen molar-refractivity contribution in [2.24, 2.45) is 0 Å². The Morgan fingerprint density at radius 1 is 1.60 bits per heavy atom. The van der Waals surface area contributed by atoms with Crippen molar-refractivity contribution in [3.63, 3.8) is 0 Å². The lowest BCUT2D eigenvalue weighted by Gasteiger charge is -2.25. The van der Waals surface area contributed by atoms with E-state index in [-0.39, 0.29) is 12.1 Å². The zero-order chi connectivity index (χ0) is 11.3. The second-order valence-corrected chi connectivity index (χ2v) is 3.97. The summed E-state index contributed by atoms with van der Waals surface area (Å²) in [6.07, 6.45) is 1.80. The van der Waals surface area contributed by atoms with Crippen LogP contribution in [0.4, 0.5) is 0 Å². The molecular formula is C11H21NO3. The normalized spacial score (nSPS) is 25.9. The number of likely N-dealkylation sites (N-methyl/N-ethyl adjacent to an activating group) is 1. The van der Waals surface area contributed by atoms with E-state index in [0.29, 0.717) is 19.1 Å². The molecule has 1 rings (SSSR count). The van der Waals surface area contributed by atoms with Gasteiger partial charge < -0.3 is 14.4 Å². The number of nitrogens with zero attached hydrogens (tertiary/aromatic N) is 1. The van der Waals surface area contributed by atoms with Crippen LogP contribution in [-0.2, 0) is 14.3 Å². The third kappa shape index (κ3) is 3.80. The third-order valence-corrected chi connectivity index (χ3v) is 2.88. The van der Waals surface area contributed by atoms with E-state index in [9.17, 15) is 4.79 Å². The van der Waals surface area contributed by atoms with Gasteiger partial charge in [0.25, 0.3) is 0 Å². The summed E-state index contributed by atoms with van der Waals surface area (Å²) in [7, 11) is 2.04. The predicted octanol–water partition coefficient (Wildman–Crippen LogP) is 1.05. The van der Waals surface area contributed by atoms with Gasteiger partial charge >= 0.3 is 5.97 Å². The van der Waals surface area contributed by atoms with Gasteiger partial charge in [-0.15, -0.1) is 0 Å². The maximum absolute atomic E-state index is 11.2. The molecule has 0 saturated carbocycles. The summed E-state index contributed by atoms with van der Waals surface area (Å²) in [6, 6.07) is 0.444. The molecule has 88 valence electrons. The van der Waals surface area contributed by atoms with Crippen LogP contribution in [0.15, 0.2) is 0 Å². The van der Waals surface area contributed by atoms with Crippen molar-refractivity contribution in [1.29, 1.82) is 0 Å². The van der Waals surface area contributed by atoms with E-state index >= 15 is 0 Å². The third-order valence-electron chi connectivity index (χ3n) is 2.88. The summed E-state index contributed by atoms with van der Waals surface area (Å²) in [6.45, 7) is 5.95. The Bertz CT molecular complexity index is 208. The van der Waals surface area contributed by atoms with Crippen molar-refractivity contribution in [2.45, 2.75) is 38.8 Å². The zero-order valence-corrected chi connectivity index (χ0v) is 9.86. The highest BCUT2D eigenvalue weighted by atomic mass is 16.5. The van der Waals surface area contributed by atoms with Crippen LogP contribution in [0, 0.1) is 0 Å². The van der Waals surface area contributed by atoms with Crippen molar-refractivity contribution in [2.75, 3.05) is 26.8 Å². The van der Waals surface area contributed by atoms with Gasteiger partial charge in [0.15, 0.2) is 0 Å². The topological polar surface area (TPSA) is 38.8 Å². The second-order valence-electron chi connectivity index (χ2n) is 3.97. The number of carbonyl (C=O) groups is 1. The van der Waals surface area contributed by atoms with E-state index in [1.807, 2.05) is 14.0 Å². The molecule has 15 heavy (non-hydrogen) atoms. The van der Waals surface area contributed by atoms with E-state index in [1.165, 1.54) is 0 Å². The number of carbonyl (C=O) groups excluding carboxylic acids is 1. The maximum Gasteiger partial charge on any atom is 0.307 e. The van der Waals surface area contributed by atoms with Gasteiger partial charge in [-0.05, 0) is 27.3 Å². The number of ether oxygens (including phenoxy) is 2. The molecule has 2 unspecified atom stereocenters. The minimum Gasteiger partial charge on any atom is -0.466 e. The molecule has 0 N–H and O–H groups in total. The molecule has 0 amide bonds. The quantitative estimate of drug-likeness (QED) is 0.643. The first-order chi connectivity index (χ1) is 7.15. The first kappa shape index (κ1) is 12.5. The first-order valence-corrected chi connectivity index (χ1v) is 5.62. The van der Waals surface area contributed by atoms with Crippen molar-refractivity contribution in [3.8, 4) is 0 Å². The molecule has 1 saturated heterocycles. The van der Waals surface area contributed by atoms with Crippen molar-refractivity contribution in [3.05, 3.63) is 0 Å². The Kier molecular flexibility index (Phi) is 5.05. The van der Waals surface area contributed by atoms with Gasteiger partial charge in [-0.1, -0.05) is 0 Å². The molecule has 4 nitrogen and oxygen atoms in total. The van der Waals surface area contributed by atoms with E-state index in [2.05, 4.69) is 11.8 Å². The molecule has 0 bridgehead atoms. The van der Waals surface area contributed by atoms with Crippen LogP contribution in [0.3, 0.4) is 0 Å². The largest absolute Gasteiger partial charge is 0.466 e. The minimum atomic E-state index is -0.115. The standard InChI is InChI=1S/C11H21NO3/c1-4-14-11(13)5-7-12(3)10-6-8-15-9(10)2/h9-10H,4-8H2,1-3H3. The number of hydrogen-bond acceptors (Lipinski definition) is 4. The van der Waals surface area contributed by atoms with Crippen molar-refractivity contribution < 1.29 is 14.3 Å². The highest BCUT2D eigenvalue weighted by Crippen LogP contribution is 2.18. The van der Waals surface area contributed by atoms with Crippen molar-refractivity contribution >= 4 is 5.97 Å².